The van der Waals surface area contributed by atoms with Crippen molar-refractivity contribution in [1.82, 2.24) is 0 Å². The zero-order chi connectivity index (χ0) is 17.7. The van der Waals surface area contributed by atoms with Crippen LogP contribution in [0.1, 0.15) is 32.8 Å². The molecule has 0 bridgehead atoms. The zero-order valence-corrected chi connectivity index (χ0v) is 13.3. The topological polar surface area (TPSA) is 46.6 Å². The van der Waals surface area contributed by atoms with Gasteiger partial charge < -0.3 is 14.4 Å². The van der Waals surface area contributed by atoms with Crippen LogP contribution in [0.25, 0.3) is 0 Å². The molecule has 0 aromatic heterocycles. The molecular formula is C16H20F3NO3. The molecule has 0 atom stereocenters. The van der Waals surface area contributed by atoms with Gasteiger partial charge in [0.2, 0.25) is 0 Å². The smallest absolute Gasteiger partial charge is 0.416 e. The number of anilines is 1. The van der Waals surface area contributed by atoms with Gasteiger partial charge in [-0.2, -0.15) is 13.2 Å². The summed E-state index contributed by atoms with van der Waals surface area (Å²) in [7, 11) is 0. The quantitative estimate of drug-likeness (QED) is 0.592. The first-order valence-corrected chi connectivity index (χ1v) is 7.10. The molecule has 0 amide bonds. The highest BCUT2D eigenvalue weighted by atomic mass is 19.4. The molecule has 0 fully saturated rings. The fourth-order valence-corrected chi connectivity index (χ4v) is 1.91. The number of ether oxygens (including phenoxy) is 1. The molecule has 1 aromatic rings. The predicted octanol–water partition coefficient (Wildman–Crippen LogP) is 3.44. The third kappa shape index (κ3) is 6.71. The average Bonchev–Trinajstić information content (AvgIpc) is 2.40. The van der Waals surface area contributed by atoms with E-state index in [0.29, 0.717) is 6.29 Å². The van der Waals surface area contributed by atoms with Crippen LogP contribution in [-0.2, 0) is 20.5 Å². The number of carbonyl (C=O) groups excluding carboxylic acids is 2. The van der Waals surface area contributed by atoms with E-state index in [2.05, 4.69) is 0 Å². The van der Waals surface area contributed by atoms with E-state index >= 15 is 0 Å². The summed E-state index contributed by atoms with van der Waals surface area (Å²) in [5.41, 5.74) is -1.21. The van der Waals surface area contributed by atoms with E-state index in [9.17, 15) is 22.8 Å². The number of alkyl halides is 3. The number of halogens is 3. The standard InChI is InChI=1S/C16H20F3NO3/c1-15(2,3)23-14(22)7-8-20(9-10-21)13-6-4-5-12(11-13)16(17,18)19/h4-6,10-11H,7-9H2,1-3H3. The molecule has 0 saturated heterocycles. The monoisotopic (exact) mass is 331 g/mol. The number of hydrogen-bond donors (Lipinski definition) is 0. The Labute approximate surface area is 133 Å². The van der Waals surface area contributed by atoms with Gasteiger partial charge in [0.05, 0.1) is 18.5 Å². The SMILES string of the molecule is CC(C)(C)OC(=O)CCN(CC=O)c1cccc(C(F)(F)F)c1. The van der Waals surface area contributed by atoms with Gasteiger partial charge in [0, 0.05) is 12.2 Å². The second-order valence-electron chi connectivity index (χ2n) is 6.00. The summed E-state index contributed by atoms with van der Waals surface area (Å²) in [5, 5.41) is 0. The number of hydrogen-bond acceptors (Lipinski definition) is 4. The largest absolute Gasteiger partial charge is 0.460 e. The van der Waals surface area contributed by atoms with E-state index < -0.39 is 23.3 Å². The summed E-state index contributed by atoms with van der Waals surface area (Å²) >= 11 is 0. The van der Waals surface area contributed by atoms with E-state index in [0.717, 1.165) is 12.1 Å². The normalized spacial score (nSPS) is 11.9. The van der Waals surface area contributed by atoms with Crippen molar-refractivity contribution in [3.05, 3.63) is 29.8 Å². The number of carbonyl (C=O) groups is 2. The number of rotatable bonds is 6. The highest BCUT2D eigenvalue weighted by molar-refractivity contribution is 5.71. The maximum atomic E-state index is 12.8. The molecule has 0 spiro atoms. The van der Waals surface area contributed by atoms with Crippen LogP contribution in [0.5, 0.6) is 0 Å². The lowest BCUT2D eigenvalue weighted by Gasteiger charge is -2.24. The van der Waals surface area contributed by atoms with Gasteiger partial charge in [-0.15, -0.1) is 0 Å². The van der Waals surface area contributed by atoms with Gasteiger partial charge in [-0.1, -0.05) is 6.07 Å². The number of aldehydes is 1. The van der Waals surface area contributed by atoms with Crippen molar-refractivity contribution in [3.8, 4) is 0 Å². The summed E-state index contributed by atoms with van der Waals surface area (Å²) in [6.45, 7) is 5.15. The van der Waals surface area contributed by atoms with Crippen LogP contribution in [0.15, 0.2) is 24.3 Å². The molecule has 0 N–H and O–H groups in total. The van der Waals surface area contributed by atoms with Crippen LogP contribution < -0.4 is 4.90 Å². The molecule has 128 valence electrons. The van der Waals surface area contributed by atoms with Crippen LogP contribution in [-0.4, -0.2) is 30.9 Å². The molecule has 0 heterocycles. The van der Waals surface area contributed by atoms with Gasteiger partial charge in [0.15, 0.2) is 0 Å². The molecule has 7 heteroatoms. The molecule has 0 radical (unpaired) electrons. The van der Waals surface area contributed by atoms with Gasteiger partial charge in [-0.3, -0.25) is 4.79 Å². The van der Waals surface area contributed by atoms with Crippen molar-refractivity contribution in [2.75, 3.05) is 18.0 Å². The molecule has 1 rings (SSSR count). The van der Waals surface area contributed by atoms with Gasteiger partial charge in [0.1, 0.15) is 11.9 Å². The van der Waals surface area contributed by atoms with Crippen molar-refractivity contribution < 1.29 is 27.5 Å². The van der Waals surface area contributed by atoms with E-state index in [-0.39, 0.29) is 25.2 Å². The highest BCUT2D eigenvalue weighted by Crippen LogP contribution is 2.31. The second-order valence-corrected chi connectivity index (χ2v) is 6.00. The summed E-state index contributed by atoms with van der Waals surface area (Å²) in [5.74, 6) is -0.472. The Morgan fingerprint density at radius 3 is 2.43 bits per heavy atom. The summed E-state index contributed by atoms with van der Waals surface area (Å²) < 4.78 is 43.4. The highest BCUT2D eigenvalue weighted by Gasteiger charge is 2.30. The Morgan fingerprint density at radius 1 is 1.26 bits per heavy atom. The maximum Gasteiger partial charge on any atom is 0.416 e. The lowest BCUT2D eigenvalue weighted by atomic mass is 10.1. The summed E-state index contributed by atoms with van der Waals surface area (Å²) in [4.78, 5) is 23.9. The van der Waals surface area contributed by atoms with Crippen LogP contribution >= 0.6 is 0 Å². The molecule has 0 unspecified atom stereocenters. The van der Waals surface area contributed by atoms with Crippen molar-refractivity contribution in [2.45, 2.75) is 39.0 Å². The van der Waals surface area contributed by atoms with E-state index in [1.54, 1.807) is 20.8 Å². The number of benzene rings is 1. The Kier molecular flexibility index (Phi) is 6.18. The van der Waals surface area contributed by atoms with Crippen LogP contribution in [0, 0.1) is 0 Å². The molecule has 1 aromatic carbocycles. The number of nitrogens with zero attached hydrogens (tertiary/aromatic N) is 1. The first kappa shape index (κ1) is 19.0. The van der Waals surface area contributed by atoms with Crippen molar-refractivity contribution >= 4 is 17.9 Å². The van der Waals surface area contributed by atoms with E-state index in [1.165, 1.54) is 17.0 Å². The first-order chi connectivity index (χ1) is 10.5. The average molecular weight is 331 g/mol. The lowest BCUT2D eigenvalue weighted by Crippen LogP contribution is -2.31. The minimum absolute atomic E-state index is 0.0264. The fourth-order valence-electron chi connectivity index (χ4n) is 1.91. The van der Waals surface area contributed by atoms with Crippen molar-refractivity contribution in [1.29, 1.82) is 0 Å². The third-order valence-electron chi connectivity index (χ3n) is 2.84. The van der Waals surface area contributed by atoms with Crippen molar-refractivity contribution in [2.24, 2.45) is 0 Å². The molecule has 0 aliphatic carbocycles. The summed E-state index contributed by atoms with van der Waals surface area (Å²) in [6.07, 6.45) is -3.91. The third-order valence-corrected chi connectivity index (χ3v) is 2.84. The van der Waals surface area contributed by atoms with Crippen LogP contribution in [0.4, 0.5) is 18.9 Å². The van der Waals surface area contributed by atoms with E-state index in [1.807, 2.05) is 0 Å². The van der Waals surface area contributed by atoms with Crippen LogP contribution in [0.3, 0.4) is 0 Å². The molecule has 0 saturated carbocycles. The van der Waals surface area contributed by atoms with Crippen molar-refractivity contribution in [3.63, 3.8) is 0 Å². The Bertz CT molecular complexity index is 550. The zero-order valence-electron chi connectivity index (χ0n) is 13.3. The number of esters is 1. The molecule has 0 aliphatic heterocycles. The maximum absolute atomic E-state index is 12.8. The van der Waals surface area contributed by atoms with E-state index in [4.69, 9.17) is 4.74 Å². The predicted molar refractivity (Wildman–Crippen MR) is 80.2 cm³/mol. The van der Waals surface area contributed by atoms with Crippen LogP contribution in [0.2, 0.25) is 0 Å². The first-order valence-electron chi connectivity index (χ1n) is 7.10. The fraction of sp³-hybridized carbons (Fsp3) is 0.500. The molecule has 23 heavy (non-hydrogen) atoms. The minimum Gasteiger partial charge on any atom is -0.460 e. The van der Waals surface area contributed by atoms with Gasteiger partial charge in [-0.25, -0.2) is 0 Å². The van der Waals surface area contributed by atoms with Gasteiger partial charge in [-0.05, 0) is 39.0 Å². The molecule has 0 aliphatic rings. The van der Waals surface area contributed by atoms with Gasteiger partial charge in [0.25, 0.3) is 0 Å². The Hall–Kier alpha value is -2.05. The Morgan fingerprint density at radius 2 is 1.91 bits per heavy atom. The van der Waals surface area contributed by atoms with Gasteiger partial charge >= 0.3 is 12.1 Å². The minimum atomic E-state index is -4.46. The second kappa shape index (κ2) is 7.48. The summed E-state index contributed by atoms with van der Waals surface area (Å²) in [6, 6.07) is 4.65. The Balaban J connectivity index is 2.83. The lowest BCUT2D eigenvalue weighted by molar-refractivity contribution is -0.154. The molecule has 4 nitrogen and oxygen atoms in total. The molecular weight excluding hydrogens is 311 g/mol.